The Morgan fingerprint density at radius 1 is 1.50 bits per heavy atom. The highest BCUT2D eigenvalue weighted by molar-refractivity contribution is 5.68. The summed E-state index contributed by atoms with van der Waals surface area (Å²) in [5.74, 6) is -0.949. The van der Waals surface area contributed by atoms with E-state index in [0.717, 1.165) is 12.8 Å². The molecule has 4 heteroatoms. The Morgan fingerprint density at radius 2 is 2.00 bits per heavy atom. The smallest absolute Gasteiger partial charge is 0.329 e. The zero-order valence-electron chi connectivity index (χ0n) is 7.67. The molecule has 0 saturated heterocycles. The number of ether oxygens (including phenoxy) is 1. The van der Waals surface area contributed by atoms with E-state index in [-0.39, 0.29) is 6.61 Å². The summed E-state index contributed by atoms with van der Waals surface area (Å²) in [6.45, 7) is 3.99. The second-order valence-corrected chi connectivity index (χ2v) is 2.78. The lowest BCUT2D eigenvalue weighted by Crippen LogP contribution is -2.40. The third kappa shape index (κ3) is 3.19. The predicted octanol–water partition coefficient (Wildman–Crippen LogP) is 0.605. The van der Waals surface area contributed by atoms with E-state index in [2.05, 4.69) is 0 Å². The van der Waals surface area contributed by atoms with Crippen molar-refractivity contribution < 1.29 is 14.6 Å². The van der Waals surface area contributed by atoms with E-state index in [1.54, 1.807) is 0 Å². The number of rotatable bonds is 6. The van der Waals surface area contributed by atoms with Crippen LogP contribution in [0.3, 0.4) is 0 Å². The molecule has 0 aliphatic carbocycles. The average molecular weight is 175 g/mol. The average Bonchev–Trinajstić information content (AvgIpc) is 2.08. The van der Waals surface area contributed by atoms with Gasteiger partial charge < -0.3 is 15.6 Å². The first-order chi connectivity index (χ1) is 5.60. The number of aliphatic carboxylic acids is 1. The molecule has 12 heavy (non-hydrogen) atoms. The number of carboxylic acids is 1. The van der Waals surface area contributed by atoms with Crippen molar-refractivity contribution >= 4 is 5.97 Å². The van der Waals surface area contributed by atoms with Gasteiger partial charge in [-0.1, -0.05) is 13.8 Å². The molecule has 0 saturated carbocycles. The van der Waals surface area contributed by atoms with Crippen LogP contribution >= 0.6 is 0 Å². The maximum Gasteiger partial charge on any atom is 0.329 e. The molecule has 0 amide bonds. The van der Waals surface area contributed by atoms with Crippen LogP contribution in [-0.4, -0.2) is 29.8 Å². The van der Waals surface area contributed by atoms with Gasteiger partial charge >= 0.3 is 5.97 Å². The fourth-order valence-electron chi connectivity index (χ4n) is 1.02. The number of carbonyl (C=O) groups is 1. The predicted molar refractivity (Wildman–Crippen MR) is 46.0 cm³/mol. The van der Waals surface area contributed by atoms with Crippen LogP contribution in [0.4, 0.5) is 0 Å². The SMILES string of the molecule is CCC(CC)(CN)OCC(=O)O. The highest BCUT2D eigenvalue weighted by atomic mass is 16.5. The lowest BCUT2D eigenvalue weighted by Gasteiger charge is -2.29. The third-order valence-electron chi connectivity index (χ3n) is 2.16. The van der Waals surface area contributed by atoms with E-state index in [9.17, 15) is 4.79 Å². The highest BCUT2D eigenvalue weighted by Gasteiger charge is 2.25. The van der Waals surface area contributed by atoms with Crippen molar-refractivity contribution in [2.45, 2.75) is 32.3 Å². The third-order valence-corrected chi connectivity index (χ3v) is 2.16. The van der Waals surface area contributed by atoms with Crippen LogP contribution in [0.25, 0.3) is 0 Å². The summed E-state index contributed by atoms with van der Waals surface area (Å²) < 4.78 is 5.21. The first kappa shape index (κ1) is 11.4. The van der Waals surface area contributed by atoms with Crippen LogP contribution in [0.1, 0.15) is 26.7 Å². The van der Waals surface area contributed by atoms with Crippen LogP contribution in [0.5, 0.6) is 0 Å². The molecule has 0 unspecified atom stereocenters. The van der Waals surface area contributed by atoms with Crippen molar-refractivity contribution in [3.63, 3.8) is 0 Å². The van der Waals surface area contributed by atoms with Gasteiger partial charge in [-0.15, -0.1) is 0 Å². The van der Waals surface area contributed by atoms with Crippen molar-refractivity contribution in [1.29, 1.82) is 0 Å². The van der Waals surface area contributed by atoms with E-state index in [1.807, 2.05) is 13.8 Å². The normalized spacial score (nSPS) is 11.6. The van der Waals surface area contributed by atoms with Gasteiger partial charge in [-0.2, -0.15) is 0 Å². The molecule has 3 N–H and O–H groups in total. The van der Waals surface area contributed by atoms with Crippen LogP contribution < -0.4 is 5.73 Å². The van der Waals surface area contributed by atoms with E-state index >= 15 is 0 Å². The van der Waals surface area contributed by atoms with E-state index < -0.39 is 11.6 Å². The van der Waals surface area contributed by atoms with Gasteiger partial charge in [0.2, 0.25) is 0 Å². The first-order valence-electron chi connectivity index (χ1n) is 4.16. The molecule has 0 atom stereocenters. The van der Waals surface area contributed by atoms with Gasteiger partial charge in [0.15, 0.2) is 0 Å². The van der Waals surface area contributed by atoms with Gasteiger partial charge in [0.25, 0.3) is 0 Å². The Bertz CT molecular complexity index is 135. The molecule has 0 spiro atoms. The molecule has 0 bridgehead atoms. The quantitative estimate of drug-likeness (QED) is 0.620. The maximum absolute atomic E-state index is 10.2. The van der Waals surface area contributed by atoms with Gasteiger partial charge in [0, 0.05) is 6.54 Å². The Morgan fingerprint density at radius 3 is 2.25 bits per heavy atom. The van der Waals surface area contributed by atoms with Gasteiger partial charge in [-0.3, -0.25) is 0 Å². The lowest BCUT2D eigenvalue weighted by atomic mass is 9.97. The summed E-state index contributed by atoms with van der Waals surface area (Å²) in [5.41, 5.74) is 5.05. The number of carboxylic acid groups (broad SMARTS) is 1. The second kappa shape index (κ2) is 5.11. The number of hydrogen-bond acceptors (Lipinski definition) is 3. The molecular weight excluding hydrogens is 158 g/mol. The minimum atomic E-state index is -0.949. The van der Waals surface area contributed by atoms with Crippen LogP contribution in [-0.2, 0) is 9.53 Å². The summed E-state index contributed by atoms with van der Waals surface area (Å²) in [4.78, 5) is 10.2. The molecule has 72 valence electrons. The fraction of sp³-hybridized carbons (Fsp3) is 0.875. The lowest BCUT2D eigenvalue weighted by molar-refractivity contribution is -0.149. The maximum atomic E-state index is 10.2. The molecule has 0 aromatic carbocycles. The molecule has 0 aromatic rings. The van der Waals surface area contributed by atoms with Gasteiger partial charge in [0.05, 0.1) is 5.60 Å². The molecule has 0 radical (unpaired) electrons. The van der Waals surface area contributed by atoms with Crippen molar-refractivity contribution in [2.24, 2.45) is 5.73 Å². The van der Waals surface area contributed by atoms with Gasteiger partial charge in [-0.05, 0) is 12.8 Å². The minimum Gasteiger partial charge on any atom is -0.480 e. The monoisotopic (exact) mass is 175 g/mol. The molecule has 0 heterocycles. The Hall–Kier alpha value is -0.610. The Labute approximate surface area is 72.7 Å². The largest absolute Gasteiger partial charge is 0.480 e. The molecule has 0 aliphatic rings. The Kier molecular flexibility index (Phi) is 4.85. The second-order valence-electron chi connectivity index (χ2n) is 2.78. The van der Waals surface area contributed by atoms with Gasteiger partial charge in [0.1, 0.15) is 6.61 Å². The van der Waals surface area contributed by atoms with Gasteiger partial charge in [-0.25, -0.2) is 4.79 Å². The van der Waals surface area contributed by atoms with Crippen molar-refractivity contribution in [3.8, 4) is 0 Å². The van der Waals surface area contributed by atoms with Crippen molar-refractivity contribution in [1.82, 2.24) is 0 Å². The van der Waals surface area contributed by atoms with E-state index in [4.69, 9.17) is 15.6 Å². The van der Waals surface area contributed by atoms with Crippen LogP contribution in [0.15, 0.2) is 0 Å². The molecule has 0 rings (SSSR count). The summed E-state index contributed by atoms with van der Waals surface area (Å²) in [7, 11) is 0. The molecular formula is C8H17NO3. The summed E-state index contributed by atoms with van der Waals surface area (Å²) in [6.07, 6.45) is 1.49. The zero-order valence-corrected chi connectivity index (χ0v) is 7.67. The van der Waals surface area contributed by atoms with Crippen LogP contribution in [0.2, 0.25) is 0 Å². The summed E-state index contributed by atoms with van der Waals surface area (Å²) >= 11 is 0. The number of nitrogens with two attached hydrogens (primary N) is 1. The molecule has 0 aromatic heterocycles. The van der Waals surface area contributed by atoms with E-state index in [0.29, 0.717) is 6.54 Å². The number of hydrogen-bond donors (Lipinski definition) is 2. The molecule has 0 aliphatic heterocycles. The van der Waals surface area contributed by atoms with E-state index in [1.165, 1.54) is 0 Å². The first-order valence-corrected chi connectivity index (χ1v) is 4.16. The highest BCUT2D eigenvalue weighted by Crippen LogP contribution is 2.18. The molecule has 4 nitrogen and oxygen atoms in total. The minimum absolute atomic E-state index is 0.265. The molecule has 0 fully saturated rings. The summed E-state index contributed by atoms with van der Waals surface area (Å²) in [5, 5.41) is 8.40. The van der Waals surface area contributed by atoms with Crippen molar-refractivity contribution in [2.75, 3.05) is 13.2 Å². The van der Waals surface area contributed by atoms with Crippen molar-refractivity contribution in [3.05, 3.63) is 0 Å². The Balaban J connectivity index is 4.01. The topological polar surface area (TPSA) is 72.5 Å². The summed E-state index contributed by atoms with van der Waals surface area (Å²) in [6, 6.07) is 0. The zero-order chi connectivity index (χ0) is 9.61. The standard InChI is InChI=1S/C8H17NO3/c1-3-8(4-2,6-9)12-5-7(10)11/h3-6,9H2,1-2H3,(H,10,11). The van der Waals surface area contributed by atoms with Crippen LogP contribution in [0, 0.1) is 0 Å². The fourth-order valence-corrected chi connectivity index (χ4v) is 1.02.